The van der Waals surface area contributed by atoms with Gasteiger partial charge in [0.25, 0.3) is 11.4 Å². The van der Waals surface area contributed by atoms with Crippen molar-refractivity contribution in [1.29, 1.82) is 0 Å². The summed E-state index contributed by atoms with van der Waals surface area (Å²) in [7, 11) is 0. The van der Waals surface area contributed by atoms with Gasteiger partial charge in [0.2, 0.25) is 0 Å². The maximum Gasteiger partial charge on any atom is 0.511 e. The van der Waals surface area contributed by atoms with Crippen molar-refractivity contribution in [2.24, 2.45) is 0 Å². The molecular formula is C23H20N2O7. The normalized spacial score (nSPS) is 10.6. The van der Waals surface area contributed by atoms with Gasteiger partial charge in [-0.05, 0) is 52.0 Å². The van der Waals surface area contributed by atoms with Crippen LogP contribution in [0.25, 0.3) is 0 Å². The summed E-state index contributed by atoms with van der Waals surface area (Å²) >= 11 is 0. The van der Waals surface area contributed by atoms with E-state index in [1.807, 2.05) is 0 Å². The van der Waals surface area contributed by atoms with Gasteiger partial charge in [-0.15, -0.1) is 0 Å². The third kappa shape index (κ3) is 7.47. The molecule has 2 aromatic carbocycles. The molecule has 32 heavy (non-hydrogen) atoms. The van der Waals surface area contributed by atoms with Crippen LogP contribution >= 0.6 is 0 Å². The Labute approximate surface area is 184 Å². The first-order valence-corrected chi connectivity index (χ1v) is 9.34. The molecule has 0 fully saturated rings. The number of non-ortho nitro benzene ring substituents is 2. The molecule has 9 heteroatoms. The highest BCUT2D eigenvalue weighted by molar-refractivity contribution is 5.62. The molecule has 164 valence electrons. The topological polar surface area (TPSA) is 122 Å². The van der Waals surface area contributed by atoms with Crippen molar-refractivity contribution < 1.29 is 24.1 Å². The maximum atomic E-state index is 12.2. The lowest BCUT2D eigenvalue weighted by atomic mass is 10.1. The molecule has 9 nitrogen and oxygen atoms in total. The molecule has 0 bridgehead atoms. The van der Waals surface area contributed by atoms with E-state index in [1.54, 1.807) is 27.7 Å². The van der Waals surface area contributed by atoms with E-state index in [1.165, 1.54) is 48.5 Å². The van der Waals surface area contributed by atoms with Gasteiger partial charge in [0.1, 0.15) is 0 Å². The Hall–Kier alpha value is -4.37. The minimum absolute atomic E-state index is 0.0493. The molecule has 2 aromatic rings. The molecule has 0 saturated carbocycles. The van der Waals surface area contributed by atoms with Gasteiger partial charge in [0.05, 0.1) is 9.85 Å². The SMILES string of the molecule is CC(C)(C#Cc1ccc([N+](=O)[O-])cc1)OC(=O)OC(C)(C)C#Cc1ccc([N+](=O)[O-])cc1. The van der Waals surface area contributed by atoms with Gasteiger partial charge in [-0.2, -0.15) is 0 Å². The second kappa shape index (κ2) is 9.63. The third-order valence-electron chi connectivity index (χ3n) is 3.85. The lowest BCUT2D eigenvalue weighted by molar-refractivity contribution is -0.385. The van der Waals surface area contributed by atoms with E-state index in [0.717, 1.165) is 0 Å². The molecule has 0 aliphatic heterocycles. The molecular weight excluding hydrogens is 416 g/mol. The van der Waals surface area contributed by atoms with Crippen LogP contribution in [0.15, 0.2) is 48.5 Å². The number of nitro groups is 2. The fraction of sp³-hybridized carbons (Fsp3) is 0.261. The van der Waals surface area contributed by atoms with Crippen LogP contribution in [0.2, 0.25) is 0 Å². The number of benzene rings is 2. The Morgan fingerprint density at radius 1 is 0.719 bits per heavy atom. The van der Waals surface area contributed by atoms with E-state index >= 15 is 0 Å². The minimum Gasteiger partial charge on any atom is -0.415 e. The molecule has 0 N–H and O–H groups in total. The van der Waals surface area contributed by atoms with Gasteiger partial charge < -0.3 is 9.47 Å². The number of carbonyl (C=O) groups is 1. The van der Waals surface area contributed by atoms with E-state index in [-0.39, 0.29) is 11.4 Å². The zero-order valence-electron chi connectivity index (χ0n) is 17.9. The average molecular weight is 436 g/mol. The number of nitrogens with zero attached hydrogens (tertiary/aromatic N) is 2. The van der Waals surface area contributed by atoms with E-state index in [4.69, 9.17) is 9.47 Å². The van der Waals surface area contributed by atoms with Crippen molar-refractivity contribution in [3.05, 3.63) is 79.9 Å². The van der Waals surface area contributed by atoms with E-state index < -0.39 is 27.2 Å². The average Bonchev–Trinajstić information content (AvgIpc) is 2.70. The van der Waals surface area contributed by atoms with Gasteiger partial charge in [0.15, 0.2) is 11.2 Å². The van der Waals surface area contributed by atoms with Crippen molar-refractivity contribution in [1.82, 2.24) is 0 Å². The van der Waals surface area contributed by atoms with Gasteiger partial charge in [0, 0.05) is 35.4 Å². The van der Waals surface area contributed by atoms with Crippen LogP contribution in [-0.4, -0.2) is 27.2 Å². The number of hydrogen-bond donors (Lipinski definition) is 0. The van der Waals surface area contributed by atoms with Crippen molar-refractivity contribution >= 4 is 17.5 Å². The van der Waals surface area contributed by atoms with Crippen LogP contribution in [-0.2, 0) is 9.47 Å². The quantitative estimate of drug-likeness (QED) is 0.297. The molecule has 0 radical (unpaired) electrons. The smallest absolute Gasteiger partial charge is 0.415 e. The predicted molar refractivity (Wildman–Crippen MR) is 116 cm³/mol. The molecule has 0 unspecified atom stereocenters. The summed E-state index contributed by atoms with van der Waals surface area (Å²) in [6.45, 7) is 6.29. The van der Waals surface area contributed by atoms with Crippen molar-refractivity contribution in [2.45, 2.75) is 38.9 Å². The van der Waals surface area contributed by atoms with Gasteiger partial charge in [-0.3, -0.25) is 20.2 Å². The molecule has 0 heterocycles. The second-order valence-corrected chi connectivity index (χ2v) is 7.58. The van der Waals surface area contributed by atoms with Crippen LogP contribution in [0.4, 0.5) is 16.2 Å². The van der Waals surface area contributed by atoms with Crippen molar-refractivity contribution in [3.8, 4) is 23.7 Å². The summed E-state index contributed by atoms with van der Waals surface area (Å²) in [4.78, 5) is 32.6. The number of nitro benzene ring substituents is 2. The van der Waals surface area contributed by atoms with E-state index in [2.05, 4.69) is 23.7 Å². The number of rotatable bonds is 4. The highest BCUT2D eigenvalue weighted by Gasteiger charge is 2.27. The van der Waals surface area contributed by atoms with Crippen LogP contribution in [0, 0.1) is 43.9 Å². The van der Waals surface area contributed by atoms with Crippen LogP contribution in [0.5, 0.6) is 0 Å². The Bertz CT molecular complexity index is 1050. The van der Waals surface area contributed by atoms with E-state index in [9.17, 15) is 25.0 Å². The fourth-order valence-electron chi connectivity index (χ4n) is 2.27. The van der Waals surface area contributed by atoms with Crippen molar-refractivity contribution in [2.75, 3.05) is 0 Å². The first-order chi connectivity index (χ1) is 14.9. The third-order valence-corrected chi connectivity index (χ3v) is 3.85. The molecule has 0 amide bonds. The Morgan fingerprint density at radius 3 is 1.31 bits per heavy atom. The molecule has 0 aromatic heterocycles. The molecule has 0 saturated heterocycles. The fourth-order valence-corrected chi connectivity index (χ4v) is 2.27. The maximum absolute atomic E-state index is 12.2. The molecule has 2 rings (SSSR count). The number of ether oxygens (including phenoxy) is 2. The minimum atomic E-state index is -1.19. The molecule has 0 spiro atoms. The molecule has 0 aliphatic carbocycles. The highest BCUT2D eigenvalue weighted by Crippen LogP contribution is 2.17. The lowest BCUT2D eigenvalue weighted by Crippen LogP contribution is -2.32. The predicted octanol–water partition coefficient (Wildman–Crippen LogP) is 4.62. The molecule has 0 aliphatic rings. The first-order valence-electron chi connectivity index (χ1n) is 9.34. The largest absolute Gasteiger partial charge is 0.511 e. The summed E-state index contributed by atoms with van der Waals surface area (Å²) in [5.41, 5.74) is -1.44. The van der Waals surface area contributed by atoms with Gasteiger partial charge >= 0.3 is 6.16 Å². The van der Waals surface area contributed by atoms with Crippen LogP contribution in [0.3, 0.4) is 0 Å². The van der Waals surface area contributed by atoms with Crippen LogP contribution < -0.4 is 0 Å². The Morgan fingerprint density at radius 2 is 1.03 bits per heavy atom. The lowest BCUT2D eigenvalue weighted by Gasteiger charge is -2.23. The van der Waals surface area contributed by atoms with Crippen molar-refractivity contribution in [3.63, 3.8) is 0 Å². The number of carbonyl (C=O) groups excluding carboxylic acids is 1. The van der Waals surface area contributed by atoms with Gasteiger partial charge in [-0.1, -0.05) is 23.7 Å². The molecule has 0 atom stereocenters. The summed E-state index contributed by atoms with van der Waals surface area (Å²) in [6.07, 6.45) is -0.976. The van der Waals surface area contributed by atoms with Crippen LogP contribution in [0.1, 0.15) is 38.8 Å². The zero-order valence-corrected chi connectivity index (χ0v) is 17.9. The second-order valence-electron chi connectivity index (χ2n) is 7.58. The first kappa shape index (κ1) is 23.9. The summed E-state index contributed by atoms with van der Waals surface area (Å²) < 4.78 is 10.5. The van der Waals surface area contributed by atoms with Gasteiger partial charge in [-0.25, -0.2) is 4.79 Å². The Kier molecular flexibility index (Phi) is 7.19. The summed E-state index contributed by atoms with van der Waals surface area (Å²) in [5.74, 6) is 11.2. The van der Waals surface area contributed by atoms with E-state index in [0.29, 0.717) is 11.1 Å². The highest BCUT2D eigenvalue weighted by atomic mass is 16.7. The standard InChI is InChI=1S/C23H20N2O7/c1-22(2,15-13-17-5-9-19(10-6-17)24(27)28)31-21(26)32-23(3,4)16-14-18-7-11-20(12-8-18)25(29)30/h5-12H,1-4H3. The Balaban J connectivity index is 2.01. The number of hydrogen-bond acceptors (Lipinski definition) is 7. The monoisotopic (exact) mass is 436 g/mol. The summed E-state index contributed by atoms with van der Waals surface area (Å²) in [6, 6.07) is 11.3. The zero-order chi connectivity index (χ0) is 23.9. The summed E-state index contributed by atoms with van der Waals surface area (Å²) in [5, 5.41) is 21.4.